The summed E-state index contributed by atoms with van der Waals surface area (Å²) in [5.41, 5.74) is 1.76. The number of alkyl halides is 3. The molecular formula is C20H22ClF3N2O. The van der Waals surface area contributed by atoms with E-state index in [1.54, 1.807) is 35.8 Å². The van der Waals surface area contributed by atoms with Crippen molar-refractivity contribution in [2.45, 2.75) is 58.0 Å². The molecule has 1 heterocycles. The first-order chi connectivity index (χ1) is 12.7. The lowest BCUT2D eigenvalue weighted by molar-refractivity contribution is -0.182. The number of hydrogen-bond donors (Lipinski definition) is 0. The van der Waals surface area contributed by atoms with Crippen LogP contribution in [0.2, 0.25) is 5.02 Å². The van der Waals surface area contributed by atoms with E-state index < -0.39 is 12.1 Å². The average molecular weight is 399 g/mol. The Morgan fingerprint density at radius 3 is 2.26 bits per heavy atom. The largest absolute Gasteiger partial charge is 0.391 e. The first kappa shape index (κ1) is 19.9. The molecule has 0 spiro atoms. The second-order valence-electron chi connectivity index (χ2n) is 7.09. The summed E-state index contributed by atoms with van der Waals surface area (Å²) in [6, 6.07) is 6.87. The Bertz CT molecular complexity index is 867. The minimum atomic E-state index is -4.16. The van der Waals surface area contributed by atoms with Crippen molar-refractivity contribution in [3.8, 4) is 5.69 Å². The SMILES string of the molecule is CCc1c(C)nc([C@H]2CC[C@@H](C(F)(F)F)CC2)n(-c2ccc(Cl)cc2)c1=O. The molecule has 3 rings (SSSR count). The molecule has 2 aromatic rings. The molecule has 0 atom stereocenters. The van der Waals surface area contributed by atoms with Gasteiger partial charge in [0.2, 0.25) is 0 Å². The summed E-state index contributed by atoms with van der Waals surface area (Å²) in [4.78, 5) is 17.8. The minimum absolute atomic E-state index is 0.0687. The molecule has 0 radical (unpaired) electrons. The topological polar surface area (TPSA) is 34.9 Å². The van der Waals surface area contributed by atoms with Gasteiger partial charge in [-0.15, -0.1) is 0 Å². The highest BCUT2D eigenvalue weighted by molar-refractivity contribution is 6.30. The van der Waals surface area contributed by atoms with Crippen molar-refractivity contribution < 1.29 is 13.2 Å². The van der Waals surface area contributed by atoms with Gasteiger partial charge in [0.15, 0.2) is 0 Å². The number of halogens is 4. The fourth-order valence-corrected chi connectivity index (χ4v) is 4.01. The minimum Gasteiger partial charge on any atom is -0.269 e. The van der Waals surface area contributed by atoms with Crippen LogP contribution >= 0.6 is 11.6 Å². The Morgan fingerprint density at radius 1 is 1.15 bits per heavy atom. The number of aromatic nitrogens is 2. The molecule has 27 heavy (non-hydrogen) atoms. The molecule has 1 saturated carbocycles. The summed E-state index contributed by atoms with van der Waals surface area (Å²) in [7, 11) is 0. The average Bonchev–Trinajstić information content (AvgIpc) is 2.62. The van der Waals surface area contributed by atoms with E-state index in [0.29, 0.717) is 47.1 Å². The van der Waals surface area contributed by atoms with E-state index in [1.165, 1.54) is 0 Å². The van der Waals surface area contributed by atoms with Gasteiger partial charge in [0.25, 0.3) is 5.56 Å². The van der Waals surface area contributed by atoms with Crippen LogP contribution in [0.4, 0.5) is 13.2 Å². The number of benzene rings is 1. The molecule has 1 aliphatic rings. The van der Waals surface area contributed by atoms with Crippen molar-refractivity contribution in [2.24, 2.45) is 5.92 Å². The number of nitrogens with zero attached hydrogens (tertiary/aromatic N) is 2. The Balaban J connectivity index is 2.05. The monoisotopic (exact) mass is 398 g/mol. The molecule has 0 aliphatic heterocycles. The lowest BCUT2D eigenvalue weighted by Crippen LogP contribution is -2.32. The summed E-state index contributed by atoms with van der Waals surface area (Å²) >= 11 is 5.96. The van der Waals surface area contributed by atoms with Gasteiger partial charge in [-0.25, -0.2) is 4.98 Å². The van der Waals surface area contributed by atoms with Gasteiger partial charge in [0.05, 0.1) is 11.6 Å². The second kappa shape index (κ2) is 7.66. The summed E-state index contributed by atoms with van der Waals surface area (Å²) in [6.45, 7) is 3.68. The van der Waals surface area contributed by atoms with Crippen LogP contribution in [0.1, 0.15) is 55.6 Å². The van der Waals surface area contributed by atoms with E-state index in [1.807, 2.05) is 6.92 Å². The van der Waals surface area contributed by atoms with Gasteiger partial charge in [-0.1, -0.05) is 18.5 Å². The first-order valence-corrected chi connectivity index (χ1v) is 9.55. The molecule has 1 aromatic carbocycles. The van der Waals surface area contributed by atoms with Crippen molar-refractivity contribution in [1.29, 1.82) is 0 Å². The summed E-state index contributed by atoms with van der Waals surface area (Å²) in [5, 5.41) is 0.551. The van der Waals surface area contributed by atoms with Crippen LogP contribution in [0.25, 0.3) is 5.69 Å². The Labute approximate surface area is 161 Å². The van der Waals surface area contributed by atoms with Crippen LogP contribution < -0.4 is 5.56 Å². The molecule has 0 bridgehead atoms. The second-order valence-corrected chi connectivity index (χ2v) is 7.53. The summed E-state index contributed by atoms with van der Waals surface area (Å²) in [5.74, 6) is -0.880. The van der Waals surface area contributed by atoms with Gasteiger partial charge in [-0.3, -0.25) is 9.36 Å². The van der Waals surface area contributed by atoms with Crippen molar-refractivity contribution in [1.82, 2.24) is 9.55 Å². The summed E-state index contributed by atoms with van der Waals surface area (Å²) < 4.78 is 40.5. The van der Waals surface area contributed by atoms with Crippen molar-refractivity contribution >= 4 is 11.6 Å². The van der Waals surface area contributed by atoms with E-state index in [4.69, 9.17) is 11.6 Å². The molecule has 146 valence electrons. The highest BCUT2D eigenvalue weighted by Crippen LogP contribution is 2.42. The summed E-state index contributed by atoms with van der Waals surface area (Å²) in [6.07, 6.45) is -2.73. The van der Waals surface area contributed by atoms with Gasteiger partial charge >= 0.3 is 6.18 Å². The normalized spacial score (nSPS) is 20.7. The molecule has 0 N–H and O–H groups in total. The lowest BCUT2D eigenvalue weighted by Gasteiger charge is -2.31. The molecule has 3 nitrogen and oxygen atoms in total. The third-order valence-corrected chi connectivity index (χ3v) is 5.65. The van der Waals surface area contributed by atoms with Gasteiger partial charge in [0, 0.05) is 22.2 Å². The molecule has 1 aliphatic carbocycles. The van der Waals surface area contributed by atoms with Crippen LogP contribution in [0.3, 0.4) is 0 Å². The zero-order valence-corrected chi connectivity index (χ0v) is 16.1. The third-order valence-electron chi connectivity index (χ3n) is 5.40. The van der Waals surface area contributed by atoms with E-state index in [9.17, 15) is 18.0 Å². The van der Waals surface area contributed by atoms with E-state index in [0.717, 1.165) is 0 Å². The van der Waals surface area contributed by atoms with Crippen molar-refractivity contribution in [2.75, 3.05) is 0 Å². The Kier molecular flexibility index (Phi) is 5.65. The third kappa shape index (κ3) is 4.05. The number of rotatable bonds is 3. The predicted octanol–water partition coefficient (Wildman–Crippen LogP) is 5.59. The molecule has 7 heteroatoms. The highest BCUT2D eigenvalue weighted by Gasteiger charge is 2.42. The van der Waals surface area contributed by atoms with Crippen LogP contribution in [0.15, 0.2) is 29.1 Å². The predicted molar refractivity (Wildman–Crippen MR) is 99.7 cm³/mol. The molecule has 0 unspecified atom stereocenters. The van der Waals surface area contributed by atoms with E-state index in [2.05, 4.69) is 4.98 Å². The maximum atomic E-state index is 13.1. The maximum absolute atomic E-state index is 13.1. The maximum Gasteiger partial charge on any atom is 0.391 e. The van der Waals surface area contributed by atoms with Gasteiger partial charge in [-0.05, 0) is 63.3 Å². The highest BCUT2D eigenvalue weighted by atomic mass is 35.5. The first-order valence-electron chi connectivity index (χ1n) is 9.17. The van der Waals surface area contributed by atoms with Crippen molar-refractivity contribution in [3.63, 3.8) is 0 Å². The van der Waals surface area contributed by atoms with Gasteiger partial charge in [0.1, 0.15) is 5.82 Å². The van der Waals surface area contributed by atoms with E-state index >= 15 is 0 Å². The van der Waals surface area contributed by atoms with Crippen LogP contribution in [-0.4, -0.2) is 15.7 Å². The van der Waals surface area contributed by atoms with Crippen LogP contribution in [0.5, 0.6) is 0 Å². The molecular weight excluding hydrogens is 377 g/mol. The fourth-order valence-electron chi connectivity index (χ4n) is 3.88. The molecule has 0 amide bonds. The number of hydrogen-bond acceptors (Lipinski definition) is 2. The van der Waals surface area contributed by atoms with Crippen LogP contribution in [-0.2, 0) is 6.42 Å². The fraction of sp³-hybridized carbons (Fsp3) is 0.500. The number of aryl methyl sites for hydroxylation is 1. The Morgan fingerprint density at radius 2 is 1.74 bits per heavy atom. The van der Waals surface area contributed by atoms with Gasteiger partial charge < -0.3 is 0 Å². The van der Waals surface area contributed by atoms with Gasteiger partial charge in [-0.2, -0.15) is 13.2 Å². The Hall–Kier alpha value is -1.82. The zero-order chi connectivity index (χ0) is 19.8. The quantitative estimate of drug-likeness (QED) is 0.675. The van der Waals surface area contributed by atoms with Crippen LogP contribution in [0, 0.1) is 12.8 Å². The lowest BCUT2D eigenvalue weighted by atomic mass is 9.81. The molecule has 1 fully saturated rings. The zero-order valence-electron chi connectivity index (χ0n) is 15.3. The van der Waals surface area contributed by atoms with Crippen molar-refractivity contribution in [3.05, 3.63) is 56.7 Å². The smallest absolute Gasteiger partial charge is 0.269 e. The van der Waals surface area contributed by atoms with E-state index in [-0.39, 0.29) is 24.3 Å². The molecule has 0 saturated heterocycles. The standard InChI is InChI=1S/C20H22ClF3N2O/c1-3-17-12(2)25-18(13-4-6-14(7-5-13)20(22,23)24)26(19(17)27)16-10-8-15(21)9-11-16/h8-11,13-14H,3-7H2,1-2H3/t13-,14+. The molecule has 1 aromatic heterocycles.